The van der Waals surface area contributed by atoms with Gasteiger partial charge in [-0.05, 0) is 43.7 Å². The summed E-state index contributed by atoms with van der Waals surface area (Å²) in [6.45, 7) is 4.19. The van der Waals surface area contributed by atoms with Crippen LogP contribution in [0.25, 0.3) is 11.0 Å². The molecule has 3 heterocycles. The Labute approximate surface area is 155 Å². The minimum atomic E-state index is 0.757. The third-order valence-electron chi connectivity index (χ3n) is 5.27. The lowest BCUT2D eigenvalue weighted by Crippen LogP contribution is -2.35. The Bertz CT molecular complexity index is 876. The van der Waals surface area contributed by atoms with Gasteiger partial charge in [-0.1, -0.05) is 30.3 Å². The molecule has 1 aliphatic heterocycles. The van der Waals surface area contributed by atoms with Crippen LogP contribution in [0.2, 0.25) is 0 Å². The number of aromatic nitrogens is 3. The number of H-pyrrole nitrogens is 1. The molecule has 0 bridgehead atoms. The molecule has 1 fully saturated rings. The Hall–Kier alpha value is -2.56. The Morgan fingerprint density at radius 1 is 1.12 bits per heavy atom. The van der Waals surface area contributed by atoms with E-state index in [1.54, 1.807) is 0 Å². The molecule has 26 heavy (non-hydrogen) atoms. The van der Waals surface area contributed by atoms with Gasteiger partial charge in [0.2, 0.25) is 5.95 Å². The number of nitrogens with zero attached hydrogens (tertiary/aromatic N) is 4. The predicted molar refractivity (Wildman–Crippen MR) is 108 cm³/mol. The first-order valence-electron chi connectivity index (χ1n) is 9.43. The predicted octanol–water partition coefficient (Wildman–Crippen LogP) is 3.79. The van der Waals surface area contributed by atoms with Gasteiger partial charge in [0, 0.05) is 32.9 Å². The summed E-state index contributed by atoms with van der Waals surface area (Å²) in [4.78, 5) is 17.3. The summed E-state index contributed by atoms with van der Waals surface area (Å²) in [5.41, 5.74) is 3.51. The summed E-state index contributed by atoms with van der Waals surface area (Å²) in [5, 5.41) is 1.13. The second kappa shape index (κ2) is 6.98. The highest BCUT2D eigenvalue weighted by Crippen LogP contribution is 2.31. The fourth-order valence-corrected chi connectivity index (χ4v) is 3.85. The number of rotatable bonds is 4. The van der Waals surface area contributed by atoms with E-state index >= 15 is 0 Å². The van der Waals surface area contributed by atoms with Crippen LogP contribution in [-0.4, -0.2) is 42.1 Å². The molecule has 136 valence electrons. The molecule has 3 aromatic rings. The third kappa shape index (κ3) is 3.39. The van der Waals surface area contributed by atoms with Gasteiger partial charge >= 0.3 is 0 Å². The molecule has 5 nitrogen and oxygen atoms in total. The summed E-state index contributed by atoms with van der Waals surface area (Å²) in [5.74, 6) is 2.59. The van der Waals surface area contributed by atoms with Crippen molar-refractivity contribution in [1.82, 2.24) is 15.0 Å². The Balaban J connectivity index is 1.53. The Kier molecular flexibility index (Phi) is 4.53. The smallest absolute Gasteiger partial charge is 0.228 e. The van der Waals surface area contributed by atoms with Crippen LogP contribution in [0.15, 0.2) is 36.4 Å². The number of nitrogens with one attached hydrogen (secondary N) is 1. The first-order valence-corrected chi connectivity index (χ1v) is 9.43. The number of hydrogen-bond donors (Lipinski definition) is 1. The monoisotopic (exact) mass is 349 g/mol. The van der Waals surface area contributed by atoms with E-state index in [2.05, 4.69) is 58.2 Å². The fourth-order valence-electron chi connectivity index (χ4n) is 3.85. The summed E-state index contributed by atoms with van der Waals surface area (Å²) < 4.78 is 0. The molecule has 5 heteroatoms. The normalized spacial score (nSPS) is 15.6. The fraction of sp³-hybridized carbons (Fsp3) is 0.429. The number of hydrogen-bond acceptors (Lipinski definition) is 4. The van der Waals surface area contributed by atoms with Crippen LogP contribution >= 0.6 is 0 Å². The molecule has 0 atom stereocenters. The van der Waals surface area contributed by atoms with E-state index in [9.17, 15) is 0 Å². The van der Waals surface area contributed by atoms with Crippen molar-refractivity contribution in [1.29, 1.82) is 0 Å². The lowest BCUT2D eigenvalue weighted by Gasteiger charge is -2.33. The van der Waals surface area contributed by atoms with Crippen molar-refractivity contribution in [2.45, 2.75) is 26.2 Å². The van der Waals surface area contributed by atoms with Crippen molar-refractivity contribution in [3.05, 3.63) is 47.7 Å². The largest absolute Gasteiger partial charge is 0.356 e. The number of piperidine rings is 1. The first-order chi connectivity index (χ1) is 12.6. The topological polar surface area (TPSA) is 48.1 Å². The number of anilines is 2. The number of benzene rings is 1. The van der Waals surface area contributed by atoms with Gasteiger partial charge in [0.25, 0.3) is 0 Å². The van der Waals surface area contributed by atoms with Crippen molar-refractivity contribution in [3.8, 4) is 0 Å². The highest BCUT2D eigenvalue weighted by Gasteiger charge is 2.23. The molecule has 0 spiro atoms. The molecule has 0 amide bonds. The van der Waals surface area contributed by atoms with Crippen molar-refractivity contribution in [3.63, 3.8) is 0 Å². The Morgan fingerprint density at radius 2 is 1.85 bits per heavy atom. The quantitative estimate of drug-likeness (QED) is 0.778. The lowest BCUT2D eigenvalue weighted by atomic mass is 9.90. The third-order valence-corrected chi connectivity index (χ3v) is 5.27. The highest BCUT2D eigenvalue weighted by molar-refractivity contribution is 5.89. The van der Waals surface area contributed by atoms with E-state index in [1.165, 1.54) is 24.8 Å². The Morgan fingerprint density at radius 3 is 2.54 bits per heavy atom. The maximum Gasteiger partial charge on any atom is 0.228 e. The summed E-state index contributed by atoms with van der Waals surface area (Å²) in [7, 11) is 3.99. The molecule has 1 N–H and O–H groups in total. The van der Waals surface area contributed by atoms with Crippen molar-refractivity contribution in [2.75, 3.05) is 37.0 Å². The SMILES string of the molecule is Cc1cc2c(N3CCC(Cc4ccccc4)CC3)nc(N(C)C)nc2[nH]1. The number of aromatic amines is 1. The lowest BCUT2D eigenvalue weighted by molar-refractivity contribution is 0.403. The zero-order chi connectivity index (χ0) is 18.1. The second-order valence-electron chi connectivity index (χ2n) is 7.58. The molecular formula is C21H27N5. The molecule has 0 aliphatic carbocycles. The van der Waals surface area contributed by atoms with Gasteiger partial charge in [-0.2, -0.15) is 9.97 Å². The zero-order valence-electron chi connectivity index (χ0n) is 15.9. The molecule has 0 saturated carbocycles. The van der Waals surface area contributed by atoms with Crippen molar-refractivity contribution in [2.24, 2.45) is 5.92 Å². The molecule has 0 radical (unpaired) electrons. The van der Waals surface area contributed by atoms with Gasteiger partial charge in [0.1, 0.15) is 11.5 Å². The van der Waals surface area contributed by atoms with Gasteiger partial charge in [0.15, 0.2) is 0 Å². The minimum Gasteiger partial charge on any atom is -0.356 e. The van der Waals surface area contributed by atoms with E-state index in [-0.39, 0.29) is 0 Å². The molecule has 1 saturated heterocycles. The maximum atomic E-state index is 4.87. The van der Waals surface area contributed by atoms with E-state index in [0.717, 1.165) is 47.5 Å². The van der Waals surface area contributed by atoms with E-state index in [4.69, 9.17) is 4.98 Å². The first kappa shape index (κ1) is 16.9. The van der Waals surface area contributed by atoms with Gasteiger partial charge in [-0.25, -0.2) is 0 Å². The zero-order valence-corrected chi connectivity index (χ0v) is 15.9. The van der Waals surface area contributed by atoms with Crippen LogP contribution in [-0.2, 0) is 6.42 Å². The standard InChI is InChI=1S/C21H27N5/c1-15-13-18-19(22-15)23-21(25(2)3)24-20(18)26-11-9-17(10-12-26)14-16-7-5-4-6-8-16/h4-8,13,17H,9-12,14H2,1-3H3,(H,22,23,24). The van der Waals surface area contributed by atoms with E-state index in [1.807, 2.05) is 19.0 Å². The molecule has 0 unspecified atom stereocenters. The molecular weight excluding hydrogens is 322 g/mol. The van der Waals surface area contributed by atoms with Crippen LogP contribution in [0.1, 0.15) is 24.1 Å². The highest BCUT2D eigenvalue weighted by atomic mass is 15.3. The minimum absolute atomic E-state index is 0.757. The maximum absolute atomic E-state index is 4.87. The van der Waals surface area contributed by atoms with Gasteiger partial charge in [0.05, 0.1) is 5.39 Å². The van der Waals surface area contributed by atoms with E-state index in [0.29, 0.717) is 0 Å². The second-order valence-corrected chi connectivity index (χ2v) is 7.58. The molecule has 2 aromatic heterocycles. The summed E-state index contributed by atoms with van der Waals surface area (Å²) in [6, 6.07) is 13.0. The molecule has 1 aromatic carbocycles. The van der Waals surface area contributed by atoms with Crippen molar-refractivity contribution >= 4 is 22.8 Å². The van der Waals surface area contributed by atoms with Crippen LogP contribution in [0.5, 0.6) is 0 Å². The van der Waals surface area contributed by atoms with Crippen LogP contribution in [0.4, 0.5) is 11.8 Å². The van der Waals surface area contributed by atoms with E-state index < -0.39 is 0 Å². The average Bonchev–Trinajstić information content (AvgIpc) is 3.02. The molecule has 4 rings (SSSR count). The van der Waals surface area contributed by atoms with Crippen LogP contribution < -0.4 is 9.80 Å². The van der Waals surface area contributed by atoms with Crippen molar-refractivity contribution < 1.29 is 0 Å². The summed E-state index contributed by atoms with van der Waals surface area (Å²) in [6.07, 6.45) is 3.60. The number of fused-ring (bicyclic) bond motifs is 1. The molecule has 1 aliphatic rings. The van der Waals surface area contributed by atoms with Crippen LogP contribution in [0.3, 0.4) is 0 Å². The van der Waals surface area contributed by atoms with Gasteiger partial charge in [-0.15, -0.1) is 0 Å². The average molecular weight is 349 g/mol. The summed E-state index contributed by atoms with van der Waals surface area (Å²) >= 11 is 0. The van der Waals surface area contributed by atoms with Gasteiger partial charge < -0.3 is 14.8 Å². The number of aryl methyl sites for hydroxylation is 1. The van der Waals surface area contributed by atoms with Gasteiger partial charge in [-0.3, -0.25) is 0 Å². The van der Waals surface area contributed by atoms with Crippen LogP contribution in [0, 0.1) is 12.8 Å².